The van der Waals surface area contributed by atoms with Crippen LogP contribution in [0, 0.1) is 0 Å². The normalized spacial score (nSPS) is 31.1. The summed E-state index contributed by atoms with van der Waals surface area (Å²) in [5.74, 6) is 0. The van der Waals surface area contributed by atoms with Gasteiger partial charge in [-0.2, -0.15) is 0 Å². The van der Waals surface area contributed by atoms with E-state index in [0.717, 1.165) is 32.3 Å². The monoisotopic (exact) mass is 306 g/mol. The van der Waals surface area contributed by atoms with Gasteiger partial charge in [-0.3, -0.25) is 0 Å². The minimum absolute atomic E-state index is 0.0539. The molecule has 0 saturated carbocycles. The van der Waals surface area contributed by atoms with Crippen molar-refractivity contribution in [2.24, 2.45) is 0 Å². The molecule has 0 amide bonds. The maximum absolute atomic E-state index is 9.01. The van der Waals surface area contributed by atoms with Gasteiger partial charge in [0.15, 0.2) is 0 Å². The maximum atomic E-state index is 9.01. The molecule has 2 aliphatic heterocycles. The van der Waals surface area contributed by atoms with Crippen molar-refractivity contribution in [2.45, 2.75) is 63.1 Å². The number of rotatable bonds is 8. The Kier molecular flexibility index (Phi) is 5.84. The van der Waals surface area contributed by atoms with E-state index in [0.29, 0.717) is 12.7 Å². The van der Waals surface area contributed by atoms with E-state index in [1.54, 1.807) is 0 Å². The summed E-state index contributed by atoms with van der Waals surface area (Å²) in [7, 11) is 0. The summed E-state index contributed by atoms with van der Waals surface area (Å²) in [6, 6.07) is 10.3. The third-order valence-electron chi connectivity index (χ3n) is 4.50. The van der Waals surface area contributed by atoms with Gasteiger partial charge < -0.3 is 19.3 Å². The average molecular weight is 306 g/mol. The third kappa shape index (κ3) is 4.78. The Morgan fingerprint density at radius 3 is 2.64 bits per heavy atom. The van der Waals surface area contributed by atoms with E-state index in [1.165, 1.54) is 12.0 Å². The number of ether oxygens (including phenoxy) is 3. The first-order chi connectivity index (χ1) is 10.8. The molecule has 0 unspecified atom stereocenters. The van der Waals surface area contributed by atoms with E-state index in [-0.39, 0.29) is 24.9 Å². The number of hydrogen-bond acceptors (Lipinski definition) is 4. The molecule has 2 saturated heterocycles. The molecule has 0 aliphatic carbocycles. The van der Waals surface area contributed by atoms with Crippen LogP contribution in [0.4, 0.5) is 0 Å². The molecule has 3 rings (SSSR count). The second-order valence-corrected chi connectivity index (χ2v) is 6.27. The summed E-state index contributed by atoms with van der Waals surface area (Å²) in [5.41, 5.74) is 1.21. The molecule has 4 atom stereocenters. The quantitative estimate of drug-likeness (QED) is 0.592. The fourth-order valence-electron chi connectivity index (χ4n) is 3.15. The molecule has 4 nitrogen and oxygen atoms in total. The summed E-state index contributed by atoms with van der Waals surface area (Å²) in [5, 5.41) is 9.01. The standard InChI is InChI=1S/C18H26O4/c19-12-18-17(22-18)11-16-8-4-7-15(21-16)9-10-20-13-14-5-2-1-3-6-14/h1-3,5-6,15-19H,4,7-13H2/t15-,16+,17-,18-/m1/s1. The van der Waals surface area contributed by atoms with Crippen LogP contribution < -0.4 is 0 Å². The van der Waals surface area contributed by atoms with Crippen LogP contribution in [0.2, 0.25) is 0 Å². The SMILES string of the molecule is OC[C@H]1O[C@@H]1C[C@@H]1CCC[C@H](CCOCc2ccccc2)O1. The van der Waals surface area contributed by atoms with Gasteiger partial charge >= 0.3 is 0 Å². The molecule has 2 heterocycles. The maximum Gasteiger partial charge on any atom is 0.107 e. The van der Waals surface area contributed by atoms with Crippen molar-refractivity contribution in [3.63, 3.8) is 0 Å². The summed E-state index contributed by atoms with van der Waals surface area (Å²) in [4.78, 5) is 0. The zero-order valence-electron chi connectivity index (χ0n) is 13.0. The van der Waals surface area contributed by atoms with Crippen LogP contribution in [0.25, 0.3) is 0 Å². The van der Waals surface area contributed by atoms with Crippen molar-refractivity contribution in [3.05, 3.63) is 35.9 Å². The molecule has 1 N–H and O–H groups in total. The van der Waals surface area contributed by atoms with Gasteiger partial charge in [-0.25, -0.2) is 0 Å². The highest BCUT2D eigenvalue weighted by atomic mass is 16.6. The van der Waals surface area contributed by atoms with Crippen LogP contribution in [0.1, 0.15) is 37.7 Å². The van der Waals surface area contributed by atoms with Crippen molar-refractivity contribution in [3.8, 4) is 0 Å². The number of hydrogen-bond donors (Lipinski definition) is 1. The second kappa shape index (κ2) is 8.06. The first-order valence-electron chi connectivity index (χ1n) is 8.38. The smallest absolute Gasteiger partial charge is 0.107 e. The predicted molar refractivity (Wildman–Crippen MR) is 83.6 cm³/mol. The first kappa shape index (κ1) is 15.9. The van der Waals surface area contributed by atoms with E-state index in [2.05, 4.69) is 12.1 Å². The van der Waals surface area contributed by atoms with Crippen LogP contribution in [0.3, 0.4) is 0 Å². The Morgan fingerprint density at radius 2 is 1.86 bits per heavy atom. The van der Waals surface area contributed by atoms with E-state index in [4.69, 9.17) is 19.3 Å². The van der Waals surface area contributed by atoms with Gasteiger partial charge in [0.05, 0.1) is 31.5 Å². The largest absolute Gasteiger partial charge is 0.394 e. The molecule has 1 aromatic carbocycles. The molecule has 0 radical (unpaired) electrons. The summed E-state index contributed by atoms with van der Waals surface area (Å²) in [6.07, 6.45) is 6.19. The Hall–Kier alpha value is -0.940. The van der Waals surface area contributed by atoms with Crippen LogP contribution in [0.15, 0.2) is 30.3 Å². The van der Waals surface area contributed by atoms with Gasteiger partial charge in [-0.05, 0) is 31.2 Å². The van der Waals surface area contributed by atoms with E-state index < -0.39 is 0 Å². The van der Waals surface area contributed by atoms with Crippen molar-refractivity contribution < 1.29 is 19.3 Å². The molecule has 4 heteroatoms. The summed E-state index contributed by atoms with van der Waals surface area (Å²) in [6.45, 7) is 1.55. The van der Waals surface area contributed by atoms with Gasteiger partial charge in [0, 0.05) is 13.0 Å². The minimum Gasteiger partial charge on any atom is -0.394 e. The second-order valence-electron chi connectivity index (χ2n) is 6.27. The zero-order chi connectivity index (χ0) is 15.2. The van der Waals surface area contributed by atoms with E-state index >= 15 is 0 Å². The Bertz CT molecular complexity index is 436. The van der Waals surface area contributed by atoms with Gasteiger partial charge in [0.2, 0.25) is 0 Å². The lowest BCUT2D eigenvalue weighted by Crippen LogP contribution is -2.30. The Morgan fingerprint density at radius 1 is 1.05 bits per heavy atom. The highest BCUT2D eigenvalue weighted by Crippen LogP contribution is 2.31. The lowest BCUT2D eigenvalue weighted by molar-refractivity contribution is -0.0686. The molecule has 2 aliphatic rings. The van der Waals surface area contributed by atoms with Crippen LogP contribution in [0.5, 0.6) is 0 Å². The summed E-state index contributed by atoms with van der Waals surface area (Å²) >= 11 is 0. The molecule has 2 fully saturated rings. The predicted octanol–water partition coefficient (Wildman–Crippen LogP) is 2.68. The number of benzene rings is 1. The first-order valence-corrected chi connectivity index (χ1v) is 8.38. The molecular formula is C18H26O4. The van der Waals surface area contributed by atoms with Crippen molar-refractivity contribution in [1.82, 2.24) is 0 Å². The molecular weight excluding hydrogens is 280 g/mol. The molecule has 122 valence electrons. The number of epoxide rings is 1. The minimum atomic E-state index is 0.0539. The number of aliphatic hydroxyl groups is 1. The number of aliphatic hydroxyl groups excluding tert-OH is 1. The molecule has 0 aromatic heterocycles. The van der Waals surface area contributed by atoms with Crippen molar-refractivity contribution >= 4 is 0 Å². The average Bonchev–Trinajstić information content (AvgIpc) is 3.31. The Balaban J connectivity index is 1.31. The van der Waals surface area contributed by atoms with E-state index in [9.17, 15) is 0 Å². The molecule has 0 spiro atoms. The fourth-order valence-corrected chi connectivity index (χ4v) is 3.15. The third-order valence-corrected chi connectivity index (χ3v) is 4.50. The summed E-state index contributed by atoms with van der Waals surface area (Å²) < 4.78 is 17.3. The van der Waals surface area contributed by atoms with Gasteiger partial charge in [-0.15, -0.1) is 0 Å². The van der Waals surface area contributed by atoms with Crippen LogP contribution in [-0.4, -0.2) is 42.7 Å². The highest BCUT2D eigenvalue weighted by Gasteiger charge is 2.40. The van der Waals surface area contributed by atoms with Gasteiger partial charge in [0.1, 0.15) is 6.10 Å². The molecule has 1 aromatic rings. The van der Waals surface area contributed by atoms with Gasteiger partial charge in [-0.1, -0.05) is 30.3 Å². The van der Waals surface area contributed by atoms with Crippen molar-refractivity contribution in [2.75, 3.05) is 13.2 Å². The molecule has 22 heavy (non-hydrogen) atoms. The van der Waals surface area contributed by atoms with Crippen LogP contribution >= 0.6 is 0 Å². The highest BCUT2D eigenvalue weighted by molar-refractivity contribution is 5.13. The lowest BCUT2D eigenvalue weighted by Gasteiger charge is -2.30. The van der Waals surface area contributed by atoms with Gasteiger partial charge in [0.25, 0.3) is 0 Å². The zero-order valence-corrected chi connectivity index (χ0v) is 13.0. The lowest BCUT2D eigenvalue weighted by atomic mass is 9.99. The molecule has 0 bridgehead atoms. The topological polar surface area (TPSA) is 51.2 Å². The van der Waals surface area contributed by atoms with Crippen molar-refractivity contribution in [1.29, 1.82) is 0 Å². The Labute approximate surface area is 132 Å². The van der Waals surface area contributed by atoms with E-state index in [1.807, 2.05) is 18.2 Å². The fraction of sp³-hybridized carbons (Fsp3) is 0.667. The van der Waals surface area contributed by atoms with Crippen LogP contribution in [-0.2, 0) is 20.8 Å².